The summed E-state index contributed by atoms with van der Waals surface area (Å²) in [4.78, 5) is 8.14. The molecule has 0 radical (unpaired) electrons. The van der Waals surface area contributed by atoms with Gasteiger partial charge in [-0.25, -0.2) is 4.98 Å². The fourth-order valence-corrected chi connectivity index (χ4v) is 2.73. The van der Waals surface area contributed by atoms with Gasteiger partial charge in [-0.05, 0) is 12.0 Å². The fourth-order valence-electron chi connectivity index (χ4n) is 1.94. The van der Waals surface area contributed by atoms with E-state index in [1.807, 2.05) is 0 Å². The van der Waals surface area contributed by atoms with E-state index in [0.29, 0.717) is 5.25 Å². The van der Waals surface area contributed by atoms with Gasteiger partial charge in [-0.1, -0.05) is 62.9 Å². The van der Waals surface area contributed by atoms with Gasteiger partial charge in [0.2, 0.25) is 0 Å². The quantitative estimate of drug-likeness (QED) is 0.821. The predicted molar refractivity (Wildman–Crippen MR) is 78.2 cm³/mol. The van der Waals surface area contributed by atoms with E-state index in [-0.39, 0.29) is 0 Å². The first kappa shape index (κ1) is 13.2. The standard InChI is InChI=1S/C15H20N2S/c1-4-13-14(10-12-8-6-5-7-9-12)17-15(16-13)18-11(2)3/h5-9,11H,4,10H2,1-3H3,(H,16,17). The molecular weight excluding hydrogens is 240 g/mol. The highest BCUT2D eigenvalue weighted by Gasteiger charge is 2.10. The maximum absolute atomic E-state index is 4.67. The zero-order valence-corrected chi connectivity index (χ0v) is 12.1. The minimum Gasteiger partial charge on any atom is -0.336 e. The first-order chi connectivity index (χ1) is 8.69. The second-order valence-corrected chi connectivity index (χ2v) is 6.21. The van der Waals surface area contributed by atoms with Gasteiger partial charge in [-0.2, -0.15) is 0 Å². The minimum atomic E-state index is 0.561. The minimum absolute atomic E-state index is 0.561. The summed E-state index contributed by atoms with van der Waals surface area (Å²) >= 11 is 1.79. The number of aromatic nitrogens is 2. The summed E-state index contributed by atoms with van der Waals surface area (Å²) in [5.41, 5.74) is 3.78. The number of hydrogen-bond donors (Lipinski definition) is 1. The number of nitrogens with one attached hydrogen (secondary N) is 1. The second-order valence-electron chi connectivity index (χ2n) is 4.65. The van der Waals surface area contributed by atoms with E-state index in [0.717, 1.165) is 18.0 Å². The van der Waals surface area contributed by atoms with E-state index in [1.54, 1.807) is 11.8 Å². The zero-order chi connectivity index (χ0) is 13.0. The Hall–Kier alpha value is -1.22. The van der Waals surface area contributed by atoms with Crippen LogP contribution < -0.4 is 0 Å². The highest BCUT2D eigenvalue weighted by atomic mass is 32.2. The van der Waals surface area contributed by atoms with Crippen LogP contribution in [0, 0.1) is 0 Å². The molecule has 0 unspecified atom stereocenters. The topological polar surface area (TPSA) is 28.7 Å². The number of aromatic amines is 1. The van der Waals surface area contributed by atoms with E-state index in [2.05, 4.69) is 61.1 Å². The van der Waals surface area contributed by atoms with Crippen molar-refractivity contribution in [2.45, 2.75) is 44.0 Å². The molecular formula is C15H20N2S. The molecule has 0 aliphatic carbocycles. The highest BCUT2D eigenvalue weighted by molar-refractivity contribution is 7.99. The molecule has 0 fully saturated rings. The van der Waals surface area contributed by atoms with Crippen LogP contribution >= 0.6 is 11.8 Å². The molecule has 1 N–H and O–H groups in total. The van der Waals surface area contributed by atoms with Crippen molar-refractivity contribution in [1.82, 2.24) is 9.97 Å². The Morgan fingerprint density at radius 3 is 2.56 bits per heavy atom. The third-order valence-electron chi connectivity index (χ3n) is 2.75. The average Bonchev–Trinajstić information content (AvgIpc) is 2.71. The van der Waals surface area contributed by atoms with E-state index >= 15 is 0 Å². The van der Waals surface area contributed by atoms with Crippen LogP contribution in [0.25, 0.3) is 0 Å². The van der Waals surface area contributed by atoms with Crippen molar-refractivity contribution < 1.29 is 0 Å². The molecule has 1 aromatic heterocycles. The molecule has 0 saturated carbocycles. The van der Waals surface area contributed by atoms with Gasteiger partial charge in [-0.15, -0.1) is 0 Å². The molecule has 3 heteroatoms. The summed E-state index contributed by atoms with van der Waals surface area (Å²) in [6.45, 7) is 6.54. The van der Waals surface area contributed by atoms with E-state index in [9.17, 15) is 0 Å². The Morgan fingerprint density at radius 2 is 1.94 bits per heavy atom. The fraction of sp³-hybridized carbons (Fsp3) is 0.400. The second kappa shape index (κ2) is 6.10. The van der Waals surface area contributed by atoms with Gasteiger partial charge in [0, 0.05) is 17.4 Å². The lowest BCUT2D eigenvalue weighted by atomic mass is 10.1. The Kier molecular flexibility index (Phi) is 4.48. The third kappa shape index (κ3) is 3.39. The molecule has 0 amide bonds. The third-order valence-corrected chi connectivity index (χ3v) is 3.64. The molecule has 96 valence electrons. The first-order valence-corrected chi connectivity index (χ1v) is 7.35. The van der Waals surface area contributed by atoms with Crippen LogP contribution in [0.15, 0.2) is 35.5 Å². The number of aryl methyl sites for hydroxylation is 1. The van der Waals surface area contributed by atoms with Crippen LogP contribution in [0.5, 0.6) is 0 Å². The largest absolute Gasteiger partial charge is 0.336 e. The Labute approximate surface area is 113 Å². The number of imidazole rings is 1. The van der Waals surface area contributed by atoms with Crippen molar-refractivity contribution >= 4 is 11.8 Å². The summed E-state index contributed by atoms with van der Waals surface area (Å²) in [6, 6.07) is 10.5. The van der Waals surface area contributed by atoms with Gasteiger partial charge in [0.15, 0.2) is 5.16 Å². The van der Waals surface area contributed by atoms with Gasteiger partial charge < -0.3 is 4.98 Å². The lowest BCUT2D eigenvalue weighted by molar-refractivity contribution is 0.981. The summed E-state index contributed by atoms with van der Waals surface area (Å²) in [5.74, 6) is 0. The van der Waals surface area contributed by atoms with Crippen molar-refractivity contribution in [2.75, 3.05) is 0 Å². The SMILES string of the molecule is CCc1nc(SC(C)C)[nH]c1Cc1ccccc1. The first-order valence-electron chi connectivity index (χ1n) is 6.47. The van der Waals surface area contributed by atoms with Gasteiger partial charge in [0.25, 0.3) is 0 Å². The number of benzene rings is 1. The van der Waals surface area contributed by atoms with Crippen LogP contribution in [0.4, 0.5) is 0 Å². The molecule has 2 nitrogen and oxygen atoms in total. The number of thioether (sulfide) groups is 1. The zero-order valence-electron chi connectivity index (χ0n) is 11.2. The maximum atomic E-state index is 4.67. The predicted octanol–water partition coefficient (Wildman–Crippen LogP) is 4.06. The summed E-state index contributed by atoms with van der Waals surface area (Å²) in [7, 11) is 0. The lowest BCUT2D eigenvalue weighted by Crippen LogP contribution is -1.93. The normalized spacial score (nSPS) is 11.1. The van der Waals surface area contributed by atoms with Crippen molar-refractivity contribution in [3.63, 3.8) is 0 Å². The molecule has 18 heavy (non-hydrogen) atoms. The summed E-state index contributed by atoms with van der Waals surface area (Å²) < 4.78 is 0. The van der Waals surface area contributed by atoms with Crippen LogP contribution in [0.2, 0.25) is 0 Å². The molecule has 0 spiro atoms. The smallest absolute Gasteiger partial charge is 0.166 e. The molecule has 0 atom stereocenters. The van der Waals surface area contributed by atoms with Crippen molar-refractivity contribution in [3.05, 3.63) is 47.3 Å². The number of nitrogens with zero attached hydrogens (tertiary/aromatic N) is 1. The van der Waals surface area contributed by atoms with Crippen molar-refractivity contribution in [2.24, 2.45) is 0 Å². The van der Waals surface area contributed by atoms with Gasteiger partial charge in [-0.3, -0.25) is 0 Å². The Bertz CT molecular complexity index is 488. The van der Waals surface area contributed by atoms with E-state index in [1.165, 1.54) is 17.0 Å². The summed E-state index contributed by atoms with van der Waals surface area (Å²) in [5, 5.41) is 1.61. The van der Waals surface area contributed by atoms with Crippen molar-refractivity contribution in [3.8, 4) is 0 Å². The Morgan fingerprint density at radius 1 is 1.22 bits per heavy atom. The van der Waals surface area contributed by atoms with E-state index < -0.39 is 0 Å². The molecule has 2 aromatic rings. The van der Waals surface area contributed by atoms with E-state index in [4.69, 9.17) is 0 Å². The molecule has 1 heterocycles. The monoisotopic (exact) mass is 260 g/mol. The van der Waals surface area contributed by atoms with Gasteiger partial charge >= 0.3 is 0 Å². The molecule has 0 saturated heterocycles. The molecule has 0 bridgehead atoms. The van der Waals surface area contributed by atoms with Gasteiger partial charge in [0.1, 0.15) is 0 Å². The van der Waals surface area contributed by atoms with Gasteiger partial charge in [0.05, 0.1) is 5.69 Å². The Balaban J connectivity index is 2.19. The van der Waals surface area contributed by atoms with Crippen LogP contribution in [0.1, 0.15) is 37.7 Å². The van der Waals surface area contributed by atoms with Crippen LogP contribution in [-0.2, 0) is 12.8 Å². The molecule has 2 rings (SSSR count). The lowest BCUT2D eigenvalue weighted by Gasteiger charge is -2.01. The summed E-state index contributed by atoms with van der Waals surface area (Å²) in [6.07, 6.45) is 1.92. The molecule has 1 aromatic carbocycles. The number of hydrogen-bond acceptors (Lipinski definition) is 2. The highest BCUT2D eigenvalue weighted by Crippen LogP contribution is 2.23. The van der Waals surface area contributed by atoms with Crippen molar-refractivity contribution in [1.29, 1.82) is 0 Å². The maximum Gasteiger partial charge on any atom is 0.166 e. The van der Waals surface area contributed by atoms with Crippen LogP contribution in [0.3, 0.4) is 0 Å². The average molecular weight is 260 g/mol. The number of H-pyrrole nitrogens is 1. The molecule has 0 aliphatic rings. The van der Waals surface area contributed by atoms with Crippen LogP contribution in [-0.4, -0.2) is 15.2 Å². The molecule has 0 aliphatic heterocycles. The number of rotatable bonds is 5.